The van der Waals surface area contributed by atoms with Gasteiger partial charge < -0.3 is 10.1 Å². The van der Waals surface area contributed by atoms with Crippen LogP contribution in [0.3, 0.4) is 0 Å². The summed E-state index contributed by atoms with van der Waals surface area (Å²) in [6, 6.07) is 9.60. The predicted octanol–water partition coefficient (Wildman–Crippen LogP) is 7.92. The molecule has 166 valence electrons. The van der Waals surface area contributed by atoms with E-state index in [2.05, 4.69) is 26.6 Å². The average Bonchev–Trinajstić information content (AvgIpc) is 2.71. The number of imide groups is 1. The van der Waals surface area contributed by atoms with E-state index in [1.807, 2.05) is 0 Å². The molecule has 0 radical (unpaired) electrons. The lowest BCUT2D eigenvalue weighted by Gasteiger charge is -2.17. The fraction of sp³-hybridized carbons (Fsp3) is 0.0909. The molecule has 0 aliphatic rings. The third-order valence-corrected chi connectivity index (χ3v) is 6.09. The van der Waals surface area contributed by atoms with Gasteiger partial charge >= 0.3 is 6.03 Å². The number of urea groups is 1. The zero-order valence-electron chi connectivity index (χ0n) is 16.7. The van der Waals surface area contributed by atoms with Crippen LogP contribution in [0.4, 0.5) is 14.9 Å². The lowest BCUT2D eigenvalue weighted by Crippen LogP contribution is -2.35. The molecule has 0 heterocycles. The molecule has 2 N–H and O–H groups in total. The fourth-order valence-corrected chi connectivity index (χ4v) is 4.05. The summed E-state index contributed by atoms with van der Waals surface area (Å²) in [6.07, 6.45) is 0. The van der Waals surface area contributed by atoms with Crippen molar-refractivity contribution in [3.05, 3.63) is 84.5 Å². The van der Waals surface area contributed by atoms with Gasteiger partial charge in [0.25, 0.3) is 5.91 Å². The zero-order chi connectivity index (χ0) is 23.6. The normalized spacial score (nSPS) is 10.6. The summed E-state index contributed by atoms with van der Waals surface area (Å²) in [4.78, 5) is 24.7. The summed E-state index contributed by atoms with van der Waals surface area (Å²) in [5.74, 6) is -0.979. The standard InChI is InChI=1S/C22H15BrCl3FN2O3/c1-10-8-17(32-16-7-6-12(24)9-14(16)25)19(26)11(2)20(10)28-22(31)29-21(30)18-13(23)4-3-5-15(18)27/h3-9H,1-2H3,(H2,28,29,30,31). The number of aryl methyl sites for hydroxylation is 1. The van der Waals surface area contributed by atoms with E-state index in [0.717, 1.165) is 6.07 Å². The highest BCUT2D eigenvalue weighted by atomic mass is 79.9. The largest absolute Gasteiger partial charge is 0.454 e. The van der Waals surface area contributed by atoms with E-state index in [1.54, 1.807) is 32.0 Å². The molecule has 0 aliphatic heterocycles. The van der Waals surface area contributed by atoms with Crippen LogP contribution in [0.25, 0.3) is 0 Å². The van der Waals surface area contributed by atoms with E-state index in [-0.39, 0.29) is 15.1 Å². The lowest BCUT2D eigenvalue weighted by atomic mass is 10.1. The van der Waals surface area contributed by atoms with Crippen LogP contribution < -0.4 is 15.4 Å². The molecule has 0 saturated carbocycles. The molecular formula is C22H15BrCl3FN2O3. The number of amides is 3. The molecular weight excluding hydrogens is 546 g/mol. The van der Waals surface area contributed by atoms with Crippen LogP contribution in [0.2, 0.25) is 15.1 Å². The molecule has 3 aromatic rings. The number of anilines is 1. The van der Waals surface area contributed by atoms with E-state index >= 15 is 0 Å². The SMILES string of the molecule is Cc1cc(Oc2ccc(Cl)cc2Cl)c(Cl)c(C)c1NC(=O)NC(=O)c1c(F)cccc1Br. The summed E-state index contributed by atoms with van der Waals surface area (Å²) < 4.78 is 20.0. The molecule has 32 heavy (non-hydrogen) atoms. The Kier molecular flexibility index (Phi) is 7.67. The first-order valence-electron chi connectivity index (χ1n) is 9.07. The maximum absolute atomic E-state index is 14.0. The number of benzene rings is 3. The Morgan fingerprint density at radius 1 is 1.03 bits per heavy atom. The molecule has 0 bridgehead atoms. The number of carbonyl (C=O) groups is 2. The van der Waals surface area contributed by atoms with Gasteiger partial charge in [0.1, 0.15) is 17.3 Å². The second kappa shape index (κ2) is 10.1. The maximum atomic E-state index is 14.0. The number of carbonyl (C=O) groups excluding carboxylic acids is 2. The van der Waals surface area contributed by atoms with E-state index in [4.69, 9.17) is 39.5 Å². The number of ether oxygens (including phenoxy) is 1. The van der Waals surface area contributed by atoms with Crippen molar-refractivity contribution in [2.24, 2.45) is 0 Å². The van der Waals surface area contributed by atoms with E-state index < -0.39 is 17.8 Å². The van der Waals surface area contributed by atoms with Crippen LogP contribution in [0.1, 0.15) is 21.5 Å². The van der Waals surface area contributed by atoms with Gasteiger partial charge in [0.05, 0.1) is 15.6 Å². The monoisotopic (exact) mass is 558 g/mol. The Hall–Kier alpha value is -2.32. The second-order valence-electron chi connectivity index (χ2n) is 6.69. The number of nitrogens with one attached hydrogen (secondary N) is 2. The van der Waals surface area contributed by atoms with Gasteiger partial charge in [-0.05, 0) is 77.3 Å². The molecule has 3 rings (SSSR count). The molecule has 0 fully saturated rings. The Bertz CT molecular complexity index is 1220. The van der Waals surface area contributed by atoms with Crippen LogP contribution in [-0.2, 0) is 0 Å². The third kappa shape index (κ3) is 5.35. The lowest BCUT2D eigenvalue weighted by molar-refractivity contribution is 0.0962. The van der Waals surface area contributed by atoms with Crippen molar-refractivity contribution in [3.63, 3.8) is 0 Å². The fourth-order valence-electron chi connectivity index (χ4n) is 2.89. The molecule has 5 nitrogen and oxygen atoms in total. The smallest absolute Gasteiger partial charge is 0.326 e. The maximum Gasteiger partial charge on any atom is 0.326 e. The van der Waals surface area contributed by atoms with Gasteiger partial charge in [0.2, 0.25) is 0 Å². The van der Waals surface area contributed by atoms with Crippen molar-refractivity contribution in [1.82, 2.24) is 5.32 Å². The molecule has 3 aromatic carbocycles. The average molecular weight is 561 g/mol. The first-order valence-corrected chi connectivity index (χ1v) is 11.0. The predicted molar refractivity (Wildman–Crippen MR) is 128 cm³/mol. The van der Waals surface area contributed by atoms with Crippen molar-refractivity contribution in [2.45, 2.75) is 13.8 Å². The van der Waals surface area contributed by atoms with Crippen LogP contribution in [0, 0.1) is 19.7 Å². The minimum absolute atomic E-state index is 0.223. The molecule has 0 unspecified atom stereocenters. The van der Waals surface area contributed by atoms with Gasteiger partial charge in [0, 0.05) is 15.2 Å². The van der Waals surface area contributed by atoms with Crippen LogP contribution in [0.5, 0.6) is 11.5 Å². The molecule has 3 amide bonds. The van der Waals surface area contributed by atoms with Crippen molar-refractivity contribution in [2.75, 3.05) is 5.32 Å². The minimum Gasteiger partial charge on any atom is -0.454 e. The third-order valence-electron chi connectivity index (χ3n) is 4.43. The van der Waals surface area contributed by atoms with Gasteiger partial charge in [-0.25, -0.2) is 9.18 Å². The minimum atomic E-state index is -0.897. The highest BCUT2D eigenvalue weighted by molar-refractivity contribution is 9.10. The van der Waals surface area contributed by atoms with Crippen molar-refractivity contribution >= 4 is 68.4 Å². The highest BCUT2D eigenvalue weighted by Gasteiger charge is 2.20. The van der Waals surface area contributed by atoms with Gasteiger partial charge in [-0.3, -0.25) is 10.1 Å². The van der Waals surface area contributed by atoms with Crippen LogP contribution >= 0.6 is 50.7 Å². The van der Waals surface area contributed by atoms with Gasteiger partial charge in [-0.2, -0.15) is 0 Å². The number of halogens is 5. The first kappa shape index (κ1) is 24.3. The van der Waals surface area contributed by atoms with Crippen molar-refractivity contribution in [1.29, 1.82) is 0 Å². The molecule has 0 atom stereocenters. The number of hydrogen-bond acceptors (Lipinski definition) is 3. The Morgan fingerprint density at radius 2 is 1.75 bits per heavy atom. The van der Waals surface area contributed by atoms with E-state index in [1.165, 1.54) is 18.2 Å². The Labute approximate surface area is 206 Å². The molecule has 0 aliphatic carbocycles. The zero-order valence-corrected chi connectivity index (χ0v) is 20.5. The van der Waals surface area contributed by atoms with E-state index in [0.29, 0.717) is 38.4 Å². The van der Waals surface area contributed by atoms with Crippen molar-refractivity contribution in [3.8, 4) is 11.5 Å². The molecule has 0 spiro atoms. The molecule has 0 aromatic heterocycles. The van der Waals surface area contributed by atoms with Crippen LogP contribution in [-0.4, -0.2) is 11.9 Å². The molecule has 0 saturated heterocycles. The molecule has 10 heteroatoms. The second-order valence-corrected chi connectivity index (χ2v) is 8.76. The topological polar surface area (TPSA) is 67.4 Å². The summed E-state index contributed by atoms with van der Waals surface area (Å²) in [5, 5.41) is 5.69. The van der Waals surface area contributed by atoms with Crippen LogP contribution in [0.15, 0.2) is 46.9 Å². The quantitative estimate of drug-likeness (QED) is 0.341. The Balaban J connectivity index is 1.81. The number of rotatable bonds is 4. The summed E-state index contributed by atoms with van der Waals surface area (Å²) in [6.45, 7) is 3.40. The van der Waals surface area contributed by atoms with Gasteiger partial charge in [-0.15, -0.1) is 0 Å². The first-order chi connectivity index (χ1) is 15.1. The van der Waals surface area contributed by atoms with Gasteiger partial charge in [-0.1, -0.05) is 40.9 Å². The number of hydrogen-bond donors (Lipinski definition) is 2. The Morgan fingerprint density at radius 3 is 2.41 bits per heavy atom. The van der Waals surface area contributed by atoms with Gasteiger partial charge in [0.15, 0.2) is 0 Å². The summed E-state index contributed by atoms with van der Waals surface area (Å²) in [5.41, 5.74) is 1.21. The van der Waals surface area contributed by atoms with Crippen molar-refractivity contribution < 1.29 is 18.7 Å². The van der Waals surface area contributed by atoms with E-state index in [9.17, 15) is 14.0 Å². The summed E-state index contributed by atoms with van der Waals surface area (Å²) in [7, 11) is 0. The highest BCUT2D eigenvalue weighted by Crippen LogP contribution is 2.40. The summed E-state index contributed by atoms with van der Waals surface area (Å²) >= 11 is 21.6.